The summed E-state index contributed by atoms with van der Waals surface area (Å²) in [5, 5.41) is 41.7. The number of fused-ring (bicyclic) bond motifs is 5. The lowest BCUT2D eigenvalue weighted by molar-refractivity contribution is -0.162. The zero-order chi connectivity index (χ0) is 18.9. The third-order valence-corrected chi connectivity index (χ3v) is 8.24. The topological polar surface area (TPSA) is 98.0 Å². The van der Waals surface area contributed by atoms with Crippen LogP contribution in [0.5, 0.6) is 0 Å². The van der Waals surface area contributed by atoms with Crippen LogP contribution in [-0.4, -0.2) is 50.6 Å². The van der Waals surface area contributed by atoms with Crippen LogP contribution in [0.1, 0.15) is 52.4 Å². The van der Waals surface area contributed by atoms with E-state index in [0.29, 0.717) is 25.7 Å². The largest absolute Gasteiger partial charge is 0.393 e. The Hall–Kier alpha value is -1.01. The van der Waals surface area contributed by atoms with E-state index < -0.39 is 29.5 Å². The molecule has 0 bridgehead atoms. The molecular weight excluding hydrogens is 332 g/mol. The van der Waals surface area contributed by atoms with Gasteiger partial charge in [0.05, 0.1) is 12.2 Å². The number of carbonyl (C=O) groups is 1. The van der Waals surface area contributed by atoms with Gasteiger partial charge < -0.3 is 20.4 Å². The van der Waals surface area contributed by atoms with E-state index in [1.165, 1.54) is 5.57 Å². The van der Waals surface area contributed by atoms with Crippen molar-refractivity contribution in [1.82, 2.24) is 0 Å². The van der Waals surface area contributed by atoms with Crippen molar-refractivity contribution >= 4 is 5.78 Å². The number of ketones is 1. The predicted octanol–water partition coefficient (Wildman–Crippen LogP) is 1.49. The van der Waals surface area contributed by atoms with Crippen molar-refractivity contribution in [2.45, 2.75) is 70.2 Å². The van der Waals surface area contributed by atoms with Crippen LogP contribution in [0.25, 0.3) is 0 Å². The smallest absolute Gasteiger partial charge is 0.190 e. The Labute approximate surface area is 154 Å². The van der Waals surface area contributed by atoms with Crippen LogP contribution < -0.4 is 0 Å². The summed E-state index contributed by atoms with van der Waals surface area (Å²) in [7, 11) is 0. The summed E-state index contributed by atoms with van der Waals surface area (Å²) in [6.45, 7) is 3.41. The summed E-state index contributed by atoms with van der Waals surface area (Å²) < 4.78 is 0. The number of Topliss-reactive ketones (excluding diaryl/α,β-unsaturated/α-hetero) is 1. The molecule has 4 aliphatic carbocycles. The second-order valence-corrected chi connectivity index (χ2v) is 9.37. The van der Waals surface area contributed by atoms with Crippen molar-refractivity contribution in [2.75, 3.05) is 6.61 Å². The normalized spacial score (nSPS) is 50.2. The first-order valence-electron chi connectivity index (χ1n) is 9.81. The molecule has 3 saturated carbocycles. The Bertz CT molecular complexity index is 697. The fourth-order valence-corrected chi connectivity index (χ4v) is 6.71. The summed E-state index contributed by atoms with van der Waals surface area (Å²) in [5.74, 6) is -0.537. The fourth-order valence-electron chi connectivity index (χ4n) is 6.71. The highest BCUT2D eigenvalue weighted by atomic mass is 16.3. The maximum atomic E-state index is 12.3. The first-order valence-corrected chi connectivity index (χ1v) is 9.81. The van der Waals surface area contributed by atoms with Crippen LogP contribution in [0.2, 0.25) is 0 Å². The van der Waals surface area contributed by atoms with Crippen molar-refractivity contribution in [1.29, 1.82) is 0 Å². The monoisotopic (exact) mass is 362 g/mol. The molecule has 0 saturated heterocycles. The quantitative estimate of drug-likeness (QED) is 0.597. The fraction of sp³-hybridized carbons (Fsp3) is 0.762. The van der Waals surface area contributed by atoms with Crippen molar-refractivity contribution < 1.29 is 25.2 Å². The molecule has 0 radical (unpaired) electrons. The Morgan fingerprint density at radius 2 is 1.92 bits per heavy atom. The molecule has 7 atom stereocenters. The molecule has 5 nitrogen and oxygen atoms in total. The number of hydrogen-bond acceptors (Lipinski definition) is 5. The third kappa shape index (κ3) is 2.15. The van der Waals surface area contributed by atoms with Crippen LogP contribution >= 0.6 is 0 Å². The molecule has 0 aliphatic heterocycles. The molecule has 0 unspecified atom stereocenters. The summed E-state index contributed by atoms with van der Waals surface area (Å²) in [5.41, 5.74) is -0.175. The zero-order valence-electron chi connectivity index (χ0n) is 15.6. The van der Waals surface area contributed by atoms with Gasteiger partial charge in [0.15, 0.2) is 5.78 Å². The maximum absolute atomic E-state index is 12.3. The number of aliphatic hydroxyl groups excluding tert-OH is 3. The molecule has 4 rings (SSSR count). The molecule has 0 amide bonds. The van der Waals surface area contributed by atoms with Crippen LogP contribution in [0, 0.1) is 22.7 Å². The van der Waals surface area contributed by atoms with Gasteiger partial charge in [0.1, 0.15) is 12.2 Å². The molecule has 0 heterocycles. The number of hydrogen-bond donors (Lipinski definition) is 4. The van der Waals surface area contributed by atoms with Gasteiger partial charge in [-0.3, -0.25) is 4.79 Å². The summed E-state index contributed by atoms with van der Waals surface area (Å²) in [6, 6.07) is 0. The third-order valence-electron chi connectivity index (χ3n) is 8.24. The van der Waals surface area contributed by atoms with Crippen LogP contribution in [0.4, 0.5) is 0 Å². The van der Waals surface area contributed by atoms with Crippen LogP contribution in [-0.2, 0) is 4.79 Å². The molecule has 3 fully saturated rings. The highest BCUT2D eigenvalue weighted by molar-refractivity contribution is 5.89. The Morgan fingerprint density at radius 1 is 1.19 bits per heavy atom. The molecule has 0 aromatic heterocycles. The minimum Gasteiger partial charge on any atom is -0.393 e. The van der Waals surface area contributed by atoms with E-state index in [1.54, 1.807) is 0 Å². The van der Waals surface area contributed by atoms with E-state index in [0.717, 1.165) is 18.4 Å². The SMILES string of the molecule is C[C@]12C[C@H](O)[C@@H]3C(=CC=C4C[C@@H](O)CC[C@]43C)[C@@H]1CC[C@]2(O)C(=O)CO. The van der Waals surface area contributed by atoms with E-state index in [4.69, 9.17) is 0 Å². The Kier molecular flexibility index (Phi) is 4.05. The molecular formula is C21H30O5. The standard InChI is InChI=1S/C21H30O5/c1-19-7-5-13(23)9-12(19)3-4-14-15-6-8-21(26,17(25)11-22)20(15,2)10-16(24)18(14)19/h3-4,13,15-16,18,22-24,26H,5-11H2,1-2H3/t13-,15-,16-,18-,19+,20-,21-/m0/s1. The van der Waals surface area contributed by atoms with E-state index in [2.05, 4.69) is 19.1 Å². The second kappa shape index (κ2) is 5.74. The van der Waals surface area contributed by atoms with Gasteiger partial charge in [0.2, 0.25) is 0 Å². The van der Waals surface area contributed by atoms with Gasteiger partial charge in [-0.05, 0) is 49.9 Å². The second-order valence-electron chi connectivity index (χ2n) is 9.37. The average Bonchev–Trinajstić information content (AvgIpc) is 2.86. The van der Waals surface area contributed by atoms with Gasteiger partial charge in [-0.15, -0.1) is 0 Å². The van der Waals surface area contributed by atoms with E-state index in [9.17, 15) is 25.2 Å². The number of allylic oxidation sites excluding steroid dienone is 2. The maximum Gasteiger partial charge on any atom is 0.190 e. The highest BCUT2D eigenvalue weighted by Gasteiger charge is 2.66. The molecule has 26 heavy (non-hydrogen) atoms. The first kappa shape index (κ1) is 18.4. The van der Waals surface area contributed by atoms with Gasteiger partial charge in [-0.2, -0.15) is 0 Å². The lowest BCUT2D eigenvalue weighted by atomic mass is 9.49. The van der Waals surface area contributed by atoms with Crippen molar-refractivity contribution in [2.24, 2.45) is 22.7 Å². The molecule has 4 N–H and O–H groups in total. The van der Waals surface area contributed by atoms with E-state index in [1.807, 2.05) is 6.92 Å². The van der Waals surface area contributed by atoms with E-state index >= 15 is 0 Å². The molecule has 0 aromatic carbocycles. The Balaban J connectivity index is 1.78. The zero-order valence-corrected chi connectivity index (χ0v) is 15.6. The van der Waals surface area contributed by atoms with Crippen molar-refractivity contribution in [3.63, 3.8) is 0 Å². The van der Waals surface area contributed by atoms with E-state index in [-0.39, 0.29) is 23.4 Å². The lowest BCUT2D eigenvalue weighted by Crippen LogP contribution is -2.59. The summed E-state index contributed by atoms with van der Waals surface area (Å²) >= 11 is 0. The number of carbonyl (C=O) groups excluding carboxylic acids is 1. The summed E-state index contributed by atoms with van der Waals surface area (Å²) in [6.07, 6.45) is 6.80. The van der Waals surface area contributed by atoms with Gasteiger partial charge in [0, 0.05) is 11.3 Å². The molecule has 0 aromatic rings. The minimum atomic E-state index is -1.58. The molecule has 0 spiro atoms. The van der Waals surface area contributed by atoms with Crippen LogP contribution in [0.3, 0.4) is 0 Å². The summed E-state index contributed by atoms with van der Waals surface area (Å²) in [4.78, 5) is 12.3. The first-order chi connectivity index (χ1) is 12.2. The number of rotatable bonds is 2. The molecule has 144 valence electrons. The average molecular weight is 362 g/mol. The molecule has 4 aliphatic rings. The predicted molar refractivity (Wildman–Crippen MR) is 96.1 cm³/mol. The van der Waals surface area contributed by atoms with Gasteiger partial charge >= 0.3 is 0 Å². The Morgan fingerprint density at radius 3 is 2.62 bits per heavy atom. The minimum absolute atomic E-state index is 0.0258. The van der Waals surface area contributed by atoms with Gasteiger partial charge in [0.25, 0.3) is 0 Å². The highest BCUT2D eigenvalue weighted by Crippen LogP contribution is 2.65. The number of aliphatic hydroxyl groups is 4. The lowest BCUT2D eigenvalue weighted by Gasteiger charge is -2.57. The van der Waals surface area contributed by atoms with Crippen molar-refractivity contribution in [3.05, 3.63) is 23.3 Å². The molecule has 5 heteroatoms. The van der Waals surface area contributed by atoms with Gasteiger partial charge in [-0.1, -0.05) is 37.1 Å². The van der Waals surface area contributed by atoms with Gasteiger partial charge in [-0.25, -0.2) is 0 Å². The van der Waals surface area contributed by atoms with Crippen LogP contribution in [0.15, 0.2) is 23.3 Å². The van der Waals surface area contributed by atoms with Crippen molar-refractivity contribution in [3.8, 4) is 0 Å².